The zero-order valence-electron chi connectivity index (χ0n) is 4.90. The average Bonchev–Trinajstić information content (AvgIpc) is 1.65. The molecule has 51 valence electrons. The van der Waals surface area contributed by atoms with Gasteiger partial charge in [0, 0.05) is 19.5 Å². The van der Waals surface area contributed by atoms with E-state index < -0.39 is 8.25 Å². The molecule has 0 fully saturated rings. The topological polar surface area (TPSA) is 83.6 Å². The molecule has 0 atom stereocenters. The second-order valence-electron chi connectivity index (χ2n) is 0.777. The first kappa shape index (κ1) is 15.9. The third-order valence-electron chi connectivity index (χ3n) is 0.167. The molecular formula is C3H9BNO3P+. The summed E-state index contributed by atoms with van der Waals surface area (Å²) in [4.78, 5) is 14.2. The first-order valence-corrected chi connectivity index (χ1v) is 2.97. The van der Waals surface area contributed by atoms with Crippen molar-refractivity contribution in [1.82, 2.24) is 0 Å². The Labute approximate surface area is 56.9 Å². The minimum absolute atomic E-state index is 0. The predicted molar refractivity (Wildman–Crippen MR) is 37.0 cm³/mol. The maximum Gasteiger partial charge on any atom is 0.692 e. The molecule has 6 heteroatoms. The molecule has 9 heavy (non-hydrogen) atoms. The number of rotatable bonds is 1. The van der Waals surface area contributed by atoms with Crippen LogP contribution in [0.5, 0.6) is 0 Å². The summed E-state index contributed by atoms with van der Waals surface area (Å²) < 4.78 is 8.70. The van der Waals surface area contributed by atoms with Gasteiger partial charge in [0.1, 0.15) is 0 Å². The van der Waals surface area contributed by atoms with Crippen molar-refractivity contribution < 1.29 is 14.4 Å². The number of hydrogen-bond donors (Lipinski definition) is 3. The highest BCUT2D eigenvalue weighted by atomic mass is 31.1. The zero-order chi connectivity index (χ0) is 6.99. The quantitative estimate of drug-likeness (QED) is 0.263. The van der Waals surface area contributed by atoms with E-state index in [4.69, 9.17) is 20.1 Å². The van der Waals surface area contributed by atoms with E-state index in [1.54, 1.807) is 6.08 Å². The van der Waals surface area contributed by atoms with Gasteiger partial charge in [0.2, 0.25) is 0 Å². The summed E-state index contributed by atoms with van der Waals surface area (Å²) in [5.74, 6) is 0. The van der Waals surface area contributed by atoms with Crippen LogP contribution < -0.4 is 5.73 Å². The van der Waals surface area contributed by atoms with Crippen LogP contribution in [0.3, 0.4) is 0 Å². The summed E-state index contributed by atoms with van der Waals surface area (Å²) in [6, 6.07) is 0. The molecule has 0 bridgehead atoms. The van der Waals surface area contributed by atoms with Gasteiger partial charge in [0.05, 0.1) is 0 Å². The fraction of sp³-hybridized carbons (Fsp3) is 0.333. The smallest absolute Gasteiger partial charge is 0.327 e. The molecule has 0 unspecified atom stereocenters. The molecule has 0 aliphatic rings. The van der Waals surface area contributed by atoms with E-state index in [0.717, 1.165) is 0 Å². The Hall–Kier alpha value is -0.215. The van der Waals surface area contributed by atoms with Crippen molar-refractivity contribution >= 4 is 16.7 Å². The normalized spacial score (nSPS) is 5.67. The largest absolute Gasteiger partial charge is 0.692 e. The Balaban J connectivity index is -0.0000000720. The monoisotopic (exact) mass is 149 g/mol. The third kappa shape index (κ3) is 423. The maximum atomic E-state index is 8.70. The molecule has 4 N–H and O–H groups in total. The zero-order valence-corrected chi connectivity index (χ0v) is 5.79. The molecule has 0 heterocycles. The molecule has 0 aliphatic heterocycles. The standard InChI is InChI=1S/C3H7N.B.HO3P/c1-2-3-4;;1-4(2)3/h2H,1,3-4H2;;(H-,1,2,3)/p+1. The molecule has 0 aliphatic carbocycles. The molecule has 0 amide bonds. The first-order valence-electron chi connectivity index (χ1n) is 1.81. The van der Waals surface area contributed by atoms with E-state index in [0.29, 0.717) is 6.54 Å². The minimum Gasteiger partial charge on any atom is -0.327 e. The van der Waals surface area contributed by atoms with Crippen molar-refractivity contribution in [2.24, 2.45) is 5.73 Å². The summed E-state index contributed by atoms with van der Waals surface area (Å²) >= 11 is 0. The lowest BCUT2D eigenvalue weighted by Gasteiger charge is -1.61. The summed E-state index contributed by atoms with van der Waals surface area (Å²) in [7, 11) is -2.87. The lowest BCUT2D eigenvalue weighted by Crippen LogP contribution is -1.90. The Morgan fingerprint density at radius 3 is 1.78 bits per heavy atom. The summed E-state index contributed by atoms with van der Waals surface area (Å²) in [5, 5.41) is 0. The second-order valence-corrected chi connectivity index (χ2v) is 1.28. The van der Waals surface area contributed by atoms with Crippen LogP contribution in [0.15, 0.2) is 12.7 Å². The van der Waals surface area contributed by atoms with Crippen LogP contribution in [0.1, 0.15) is 0 Å². The molecule has 0 aromatic carbocycles. The molecule has 0 saturated heterocycles. The fourth-order valence-electron chi connectivity index (χ4n) is 0. The minimum atomic E-state index is -2.87. The van der Waals surface area contributed by atoms with Gasteiger partial charge in [-0.3, -0.25) is 0 Å². The van der Waals surface area contributed by atoms with Gasteiger partial charge in [-0.1, -0.05) is 6.08 Å². The van der Waals surface area contributed by atoms with E-state index in [2.05, 4.69) is 6.58 Å². The molecule has 4 nitrogen and oxygen atoms in total. The van der Waals surface area contributed by atoms with Crippen molar-refractivity contribution in [3.8, 4) is 0 Å². The van der Waals surface area contributed by atoms with E-state index in [-0.39, 0.29) is 8.41 Å². The molecule has 0 aromatic heterocycles. The Morgan fingerprint density at radius 2 is 1.78 bits per heavy atom. The van der Waals surface area contributed by atoms with Crippen LogP contribution in [0.25, 0.3) is 0 Å². The molecule has 0 saturated carbocycles. The van der Waals surface area contributed by atoms with Crippen LogP contribution in [-0.2, 0) is 4.57 Å². The summed E-state index contributed by atoms with van der Waals surface area (Å²) in [5.41, 5.74) is 4.91. The van der Waals surface area contributed by atoms with Crippen molar-refractivity contribution in [3.05, 3.63) is 12.7 Å². The van der Waals surface area contributed by atoms with Crippen LogP contribution in [-0.4, -0.2) is 24.7 Å². The van der Waals surface area contributed by atoms with Gasteiger partial charge in [-0.2, -0.15) is 0 Å². The van der Waals surface area contributed by atoms with Gasteiger partial charge in [0.15, 0.2) is 0 Å². The first-order chi connectivity index (χ1) is 3.65. The maximum absolute atomic E-state index is 8.70. The van der Waals surface area contributed by atoms with Crippen molar-refractivity contribution in [1.29, 1.82) is 0 Å². The van der Waals surface area contributed by atoms with E-state index >= 15 is 0 Å². The van der Waals surface area contributed by atoms with Crippen LogP contribution in [0.2, 0.25) is 0 Å². The SMILES string of the molecule is C=CCN.O=[P+](O)O.[B]. The number of hydrogen-bond acceptors (Lipinski definition) is 2. The molecular weight excluding hydrogens is 140 g/mol. The van der Waals surface area contributed by atoms with Gasteiger partial charge in [-0.15, -0.1) is 16.4 Å². The number of nitrogens with two attached hydrogens (primary N) is 1. The second kappa shape index (κ2) is 15.7. The van der Waals surface area contributed by atoms with E-state index in [1.807, 2.05) is 0 Å². The van der Waals surface area contributed by atoms with Gasteiger partial charge < -0.3 is 5.73 Å². The van der Waals surface area contributed by atoms with Gasteiger partial charge in [-0.25, -0.2) is 0 Å². The fourth-order valence-corrected chi connectivity index (χ4v) is 0. The van der Waals surface area contributed by atoms with Gasteiger partial charge >= 0.3 is 8.25 Å². The summed E-state index contributed by atoms with van der Waals surface area (Å²) in [6.07, 6.45) is 1.65. The van der Waals surface area contributed by atoms with Crippen LogP contribution in [0, 0.1) is 0 Å². The van der Waals surface area contributed by atoms with Gasteiger partial charge in [-0.05, 0) is 0 Å². The lowest BCUT2D eigenvalue weighted by molar-refractivity contribution is 0.405. The van der Waals surface area contributed by atoms with Gasteiger partial charge in [0.25, 0.3) is 0 Å². The third-order valence-corrected chi connectivity index (χ3v) is 0.167. The lowest BCUT2D eigenvalue weighted by atomic mass is 10.7. The van der Waals surface area contributed by atoms with Crippen LogP contribution in [0.4, 0.5) is 0 Å². The van der Waals surface area contributed by atoms with Crippen LogP contribution >= 0.6 is 8.25 Å². The van der Waals surface area contributed by atoms with E-state index in [1.165, 1.54) is 0 Å². The Bertz CT molecular complexity index is 75.5. The predicted octanol–water partition coefficient (Wildman–Crippen LogP) is -0.621. The highest BCUT2D eigenvalue weighted by Gasteiger charge is 1.93. The highest BCUT2D eigenvalue weighted by Crippen LogP contribution is 1.98. The van der Waals surface area contributed by atoms with Crippen molar-refractivity contribution in [2.75, 3.05) is 6.54 Å². The van der Waals surface area contributed by atoms with Crippen molar-refractivity contribution in [2.45, 2.75) is 0 Å². The molecule has 0 rings (SSSR count). The molecule has 3 radical (unpaired) electrons. The highest BCUT2D eigenvalue weighted by molar-refractivity contribution is 7.30. The molecule has 0 aromatic rings. The average molecular weight is 149 g/mol. The Morgan fingerprint density at radius 1 is 1.67 bits per heavy atom. The summed E-state index contributed by atoms with van der Waals surface area (Å²) in [6.45, 7) is 3.94. The van der Waals surface area contributed by atoms with Crippen molar-refractivity contribution in [3.63, 3.8) is 0 Å². The molecule has 0 spiro atoms. The van der Waals surface area contributed by atoms with E-state index in [9.17, 15) is 0 Å². The Kier molecular flexibility index (Phi) is 27.7.